The summed E-state index contributed by atoms with van der Waals surface area (Å²) in [5, 5.41) is 0.139. The summed E-state index contributed by atoms with van der Waals surface area (Å²) in [5.41, 5.74) is 0.0915. The van der Waals surface area contributed by atoms with Gasteiger partial charge in [-0.15, -0.1) is 0 Å². The van der Waals surface area contributed by atoms with Crippen LogP contribution in [0, 0.1) is 0 Å². The van der Waals surface area contributed by atoms with Crippen molar-refractivity contribution in [3.63, 3.8) is 0 Å². The first-order valence-electron chi connectivity index (χ1n) is 5.27. The minimum atomic E-state index is -3.78. The van der Waals surface area contributed by atoms with E-state index in [0.29, 0.717) is 0 Å². The van der Waals surface area contributed by atoms with Crippen LogP contribution in [0.3, 0.4) is 0 Å². The van der Waals surface area contributed by atoms with Crippen LogP contribution in [-0.4, -0.2) is 47.5 Å². The Morgan fingerprint density at radius 1 is 1.37 bits per heavy atom. The second-order valence-electron chi connectivity index (χ2n) is 3.89. The van der Waals surface area contributed by atoms with Crippen molar-refractivity contribution in [2.75, 3.05) is 28.3 Å². The molecule has 0 unspecified atom stereocenters. The van der Waals surface area contributed by atoms with E-state index in [2.05, 4.69) is 4.72 Å². The zero-order valence-electron chi connectivity index (χ0n) is 11.0. The third kappa shape index (κ3) is 3.17. The van der Waals surface area contributed by atoms with Crippen LogP contribution in [0.2, 0.25) is 5.02 Å². The maximum absolute atomic E-state index is 12.0. The fraction of sp³-hybridized carbons (Fsp3) is 0.364. The van der Waals surface area contributed by atoms with E-state index in [9.17, 15) is 13.2 Å². The molecule has 0 aliphatic heterocycles. The van der Waals surface area contributed by atoms with Crippen molar-refractivity contribution >= 4 is 27.5 Å². The van der Waals surface area contributed by atoms with Gasteiger partial charge in [0.1, 0.15) is 4.90 Å². The van der Waals surface area contributed by atoms with Gasteiger partial charge in [-0.25, -0.2) is 13.1 Å². The van der Waals surface area contributed by atoms with Gasteiger partial charge in [-0.05, 0) is 19.2 Å². The molecule has 0 fully saturated rings. The monoisotopic (exact) mass is 306 g/mol. The number of rotatable bonds is 4. The Morgan fingerprint density at radius 2 is 1.95 bits per heavy atom. The molecular formula is C11H15ClN2O4S. The number of hydrogen-bond donors (Lipinski definition) is 1. The lowest BCUT2D eigenvalue weighted by Gasteiger charge is -2.16. The van der Waals surface area contributed by atoms with Crippen LogP contribution in [0.25, 0.3) is 0 Å². The topological polar surface area (TPSA) is 75.7 Å². The molecule has 19 heavy (non-hydrogen) atoms. The molecule has 1 rings (SSSR count). The van der Waals surface area contributed by atoms with Gasteiger partial charge in [0, 0.05) is 19.1 Å². The van der Waals surface area contributed by atoms with Crippen LogP contribution in [0.15, 0.2) is 17.0 Å². The number of benzene rings is 1. The highest BCUT2D eigenvalue weighted by Crippen LogP contribution is 2.32. The van der Waals surface area contributed by atoms with Crippen LogP contribution in [0.5, 0.6) is 5.75 Å². The van der Waals surface area contributed by atoms with Gasteiger partial charge in [0.25, 0.3) is 5.91 Å². The number of methoxy groups -OCH3 is 1. The minimum Gasteiger partial charge on any atom is -0.494 e. The number of ether oxygens (including phenoxy) is 1. The van der Waals surface area contributed by atoms with E-state index in [0.717, 1.165) is 0 Å². The number of carbonyl (C=O) groups is 1. The number of nitrogens with zero attached hydrogens (tertiary/aromatic N) is 1. The Balaban J connectivity index is 3.64. The zero-order valence-corrected chi connectivity index (χ0v) is 12.6. The summed E-state index contributed by atoms with van der Waals surface area (Å²) in [6.45, 7) is 0. The molecule has 0 atom stereocenters. The molecule has 1 amide bonds. The Bertz CT molecular complexity index is 599. The number of nitrogens with one attached hydrogen (secondary N) is 1. The first-order valence-corrected chi connectivity index (χ1v) is 7.13. The summed E-state index contributed by atoms with van der Waals surface area (Å²) in [4.78, 5) is 13.2. The second kappa shape index (κ2) is 5.77. The minimum absolute atomic E-state index is 0.0301. The molecule has 0 aliphatic rings. The maximum atomic E-state index is 12.0. The van der Waals surface area contributed by atoms with Gasteiger partial charge in [-0.1, -0.05) is 11.6 Å². The highest BCUT2D eigenvalue weighted by molar-refractivity contribution is 7.89. The number of halogens is 1. The number of sulfonamides is 1. The van der Waals surface area contributed by atoms with Gasteiger partial charge in [0.15, 0.2) is 5.75 Å². The van der Waals surface area contributed by atoms with Crippen LogP contribution in [0.4, 0.5) is 0 Å². The quantitative estimate of drug-likeness (QED) is 0.899. The molecule has 1 aromatic rings. The Hall–Kier alpha value is -1.31. The van der Waals surface area contributed by atoms with Crippen molar-refractivity contribution in [1.82, 2.24) is 9.62 Å². The average Bonchev–Trinajstić information content (AvgIpc) is 2.36. The summed E-state index contributed by atoms with van der Waals surface area (Å²) in [5.74, 6) is -0.427. The highest BCUT2D eigenvalue weighted by atomic mass is 35.5. The molecule has 0 saturated carbocycles. The lowest BCUT2D eigenvalue weighted by Crippen LogP contribution is -2.24. The van der Waals surface area contributed by atoms with Crippen molar-refractivity contribution in [3.8, 4) is 5.75 Å². The van der Waals surface area contributed by atoms with Crippen LogP contribution in [-0.2, 0) is 10.0 Å². The van der Waals surface area contributed by atoms with Gasteiger partial charge in [-0.2, -0.15) is 0 Å². The largest absolute Gasteiger partial charge is 0.494 e. The number of carbonyl (C=O) groups excluding carboxylic acids is 1. The molecule has 0 saturated heterocycles. The Kier molecular flexibility index (Phi) is 4.78. The molecule has 6 nitrogen and oxygen atoms in total. The first-order chi connectivity index (χ1) is 8.74. The fourth-order valence-corrected chi connectivity index (χ4v) is 2.71. The summed E-state index contributed by atoms with van der Waals surface area (Å²) >= 11 is 5.87. The summed E-state index contributed by atoms with van der Waals surface area (Å²) in [6, 6.07) is 2.61. The zero-order chi connectivity index (χ0) is 14.8. The molecular weight excluding hydrogens is 292 g/mol. The van der Waals surface area contributed by atoms with E-state index in [1.165, 1.54) is 31.2 Å². The van der Waals surface area contributed by atoms with Crippen molar-refractivity contribution in [2.24, 2.45) is 0 Å². The molecule has 1 aromatic carbocycles. The Morgan fingerprint density at radius 3 is 2.37 bits per heavy atom. The van der Waals surface area contributed by atoms with E-state index in [-0.39, 0.29) is 21.2 Å². The van der Waals surface area contributed by atoms with Crippen molar-refractivity contribution in [1.29, 1.82) is 0 Å². The standard InChI is InChI=1S/C11H15ClN2O4S/c1-13-19(16,17)9-6-7(12)5-8(10(9)18-4)11(15)14(2)3/h5-6,13H,1-4H3. The van der Waals surface area contributed by atoms with Gasteiger partial charge in [0.2, 0.25) is 10.0 Å². The first kappa shape index (κ1) is 15.7. The Labute approximate surface area is 117 Å². The molecule has 0 spiro atoms. The van der Waals surface area contributed by atoms with Gasteiger partial charge in [-0.3, -0.25) is 4.79 Å². The number of hydrogen-bond acceptors (Lipinski definition) is 4. The van der Waals surface area contributed by atoms with Crippen LogP contribution < -0.4 is 9.46 Å². The van der Waals surface area contributed by atoms with Gasteiger partial charge in [0.05, 0.1) is 12.7 Å². The SMILES string of the molecule is CNS(=O)(=O)c1cc(Cl)cc(C(=O)N(C)C)c1OC. The maximum Gasteiger partial charge on any atom is 0.257 e. The highest BCUT2D eigenvalue weighted by Gasteiger charge is 2.25. The molecule has 0 aliphatic carbocycles. The van der Waals surface area contributed by atoms with E-state index >= 15 is 0 Å². The third-order valence-electron chi connectivity index (χ3n) is 2.42. The summed E-state index contributed by atoms with van der Waals surface area (Å²) < 4.78 is 31.0. The molecule has 0 bridgehead atoms. The average molecular weight is 307 g/mol. The van der Waals surface area contributed by atoms with Crippen LogP contribution in [0.1, 0.15) is 10.4 Å². The lowest BCUT2D eigenvalue weighted by molar-refractivity contribution is 0.0824. The van der Waals surface area contributed by atoms with Crippen molar-refractivity contribution in [3.05, 3.63) is 22.7 Å². The van der Waals surface area contributed by atoms with Crippen molar-refractivity contribution < 1.29 is 17.9 Å². The van der Waals surface area contributed by atoms with E-state index in [4.69, 9.17) is 16.3 Å². The lowest BCUT2D eigenvalue weighted by atomic mass is 10.2. The third-order valence-corrected chi connectivity index (χ3v) is 4.06. The predicted molar refractivity (Wildman–Crippen MR) is 72.3 cm³/mol. The van der Waals surface area contributed by atoms with Crippen molar-refractivity contribution in [2.45, 2.75) is 4.90 Å². The van der Waals surface area contributed by atoms with Crippen LogP contribution >= 0.6 is 11.6 Å². The molecule has 106 valence electrons. The fourth-order valence-electron chi connectivity index (χ4n) is 1.49. The van der Waals surface area contributed by atoms with E-state index < -0.39 is 15.9 Å². The normalized spacial score (nSPS) is 11.2. The molecule has 0 aromatic heterocycles. The molecule has 1 N–H and O–H groups in total. The molecule has 8 heteroatoms. The van der Waals surface area contributed by atoms with E-state index in [1.807, 2.05) is 0 Å². The van der Waals surface area contributed by atoms with Gasteiger partial charge >= 0.3 is 0 Å². The predicted octanol–water partition coefficient (Wildman–Crippen LogP) is 0.958. The number of amides is 1. The molecule has 0 heterocycles. The second-order valence-corrected chi connectivity index (χ2v) is 6.18. The molecule has 0 radical (unpaired) electrons. The summed E-state index contributed by atoms with van der Waals surface area (Å²) in [6.07, 6.45) is 0. The van der Waals surface area contributed by atoms with E-state index in [1.54, 1.807) is 14.1 Å². The van der Waals surface area contributed by atoms with Gasteiger partial charge < -0.3 is 9.64 Å². The smallest absolute Gasteiger partial charge is 0.257 e. The summed E-state index contributed by atoms with van der Waals surface area (Å²) in [7, 11) is 1.89.